The van der Waals surface area contributed by atoms with Gasteiger partial charge in [0.05, 0.1) is 10.7 Å². The number of benzene rings is 1. The van der Waals surface area contributed by atoms with Crippen LogP contribution in [0, 0.1) is 13.8 Å². The van der Waals surface area contributed by atoms with E-state index >= 15 is 0 Å². The highest BCUT2D eigenvalue weighted by atomic mass is 35.5. The van der Waals surface area contributed by atoms with Gasteiger partial charge in [0.15, 0.2) is 0 Å². The summed E-state index contributed by atoms with van der Waals surface area (Å²) in [5.41, 5.74) is 3.96. The molecule has 0 unspecified atom stereocenters. The van der Waals surface area contributed by atoms with E-state index in [0.717, 1.165) is 43.6 Å². The molecule has 2 heterocycles. The van der Waals surface area contributed by atoms with Gasteiger partial charge < -0.3 is 10.6 Å². The van der Waals surface area contributed by atoms with Crippen LogP contribution in [0.3, 0.4) is 0 Å². The fourth-order valence-corrected chi connectivity index (χ4v) is 3.76. The monoisotopic (exact) mass is 372 g/mol. The lowest BCUT2D eigenvalue weighted by Gasteiger charge is -2.32. The van der Waals surface area contributed by atoms with Crippen molar-refractivity contribution in [1.29, 1.82) is 0 Å². The van der Waals surface area contributed by atoms with Crippen LogP contribution in [0.1, 0.15) is 29.5 Å². The molecule has 1 aromatic carbocycles. The number of rotatable bonds is 4. The molecule has 0 bridgehead atoms. The number of aromatic nitrogens is 1. The summed E-state index contributed by atoms with van der Waals surface area (Å²) in [6.45, 7) is 6.77. The molecule has 0 spiro atoms. The Balaban J connectivity index is 1.48. The lowest BCUT2D eigenvalue weighted by atomic mass is 10.0. The summed E-state index contributed by atoms with van der Waals surface area (Å²) < 4.78 is 0. The Hall–Kier alpha value is -2.11. The van der Waals surface area contributed by atoms with Gasteiger partial charge in [0.1, 0.15) is 0 Å². The van der Waals surface area contributed by atoms with E-state index < -0.39 is 0 Å². The van der Waals surface area contributed by atoms with Crippen LogP contribution in [-0.2, 0) is 6.54 Å². The van der Waals surface area contributed by atoms with Gasteiger partial charge in [0.25, 0.3) is 0 Å². The van der Waals surface area contributed by atoms with Gasteiger partial charge in [-0.15, -0.1) is 0 Å². The number of hydrogen-bond acceptors (Lipinski definition) is 3. The van der Waals surface area contributed by atoms with Crippen LogP contribution in [0.5, 0.6) is 0 Å². The molecule has 0 atom stereocenters. The highest BCUT2D eigenvalue weighted by Crippen LogP contribution is 2.27. The third kappa shape index (κ3) is 4.96. The van der Waals surface area contributed by atoms with Gasteiger partial charge in [-0.1, -0.05) is 23.7 Å². The zero-order valence-corrected chi connectivity index (χ0v) is 16.0. The number of likely N-dealkylation sites (tertiary alicyclic amines) is 1. The Morgan fingerprint density at radius 1 is 1.31 bits per heavy atom. The molecule has 2 amide bonds. The summed E-state index contributed by atoms with van der Waals surface area (Å²) >= 11 is 6.26. The number of pyridine rings is 1. The fraction of sp³-hybridized carbons (Fsp3) is 0.400. The van der Waals surface area contributed by atoms with Crippen LogP contribution in [0.25, 0.3) is 0 Å². The number of halogens is 1. The first kappa shape index (κ1) is 18.7. The smallest absolute Gasteiger partial charge is 0.319 e. The van der Waals surface area contributed by atoms with E-state index in [1.54, 1.807) is 6.20 Å². The number of nitrogens with one attached hydrogen (secondary N) is 2. The van der Waals surface area contributed by atoms with E-state index in [2.05, 4.69) is 26.6 Å². The Morgan fingerprint density at radius 3 is 2.73 bits per heavy atom. The maximum atomic E-state index is 12.3. The number of anilines is 1. The van der Waals surface area contributed by atoms with E-state index in [0.29, 0.717) is 10.7 Å². The van der Waals surface area contributed by atoms with Crippen molar-refractivity contribution in [3.8, 4) is 0 Å². The molecule has 2 N–H and O–H groups in total. The van der Waals surface area contributed by atoms with Crippen molar-refractivity contribution in [2.24, 2.45) is 0 Å². The maximum Gasteiger partial charge on any atom is 0.319 e. The molecule has 2 aromatic rings. The van der Waals surface area contributed by atoms with Crippen LogP contribution in [-0.4, -0.2) is 35.0 Å². The molecule has 6 heteroatoms. The minimum absolute atomic E-state index is 0.185. The molecule has 3 rings (SSSR count). The third-order valence-electron chi connectivity index (χ3n) is 4.72. The van der Waals surface area contributed by atoms with Crippen molar-refractivity contribution < 1.29 is 4.79 Å². The Kier molecular flexibility index (Phi) is 6.12. The SMILES string of the molecule is Cc1cc(C)c(NC(=O)NC2CCN(Cc3cccnc3)CC2)c(Cl)c1. The topological polar surface area (TPSA) is 57.3 Å². The molecule has 1 fully saturated rings. The largest absolute Gasteiger partial charge is 0.335 e. The predicted octanol–water partition coefficient (Wildman–Crippen LogP) is 4.14. The van der Waals surface area contributed by atoms with E-state index in [9.17, 15) is 4.79 Å². The van der Waals surface area contributed by atoms with E-state index in [1.165, 1.54) is 5.56 Å². The number of hydrogen-bond donors (Lipinski definition) is 2. The first-order chi connectivity index (χ1) is 12.5. The van der Waals surface area contributed by atoms with Gasteiger partial charge in [-0.2, -0.15) is 0 Å². The summed E-state index contributed by atoms with van der Waals surface area (Å²) in [6, 6.07) is 7.93. The lowest BCUT2D eigenvalue weighted by molar-refractivity contribution is 0.189. The molecule has 1 aliphatic rings. The molecule has 5 nitrogen and oxygen atoms in total. The number of carbonyl (C=O) groups is 1. The Labute approximate surface area is 159 Å². The van der Waals surface area contributed by atoms with Gasteiger partial charge in [0, 0.05) is 38.1 Å². The van der Waals surface area contributed by atoms with Crippen molar-refractivity contribution in [2.75, 3.05) is 18.4 Å². The normalized spacial score (nSPS) is 15.7. The fourth-order valence-electron chi connectivity index (χ4n) is 3.39. The summed E-state index contributed by atoms with van der Waals surface area (Å²) in [4.78, 5) is 18.9. The van der Waals surface area contributed by atoms with Crippen molar-refractivity contribution in [3.05, 3.63) is 58.4 Å². The predicted molar refractivity (Wildman–Crippen MR) is 106 cm³/mol. The molecular formula is C20H25ClN4O. The van der Waals surface area contributed by atoms with E-state index in [-0.39, 0.29) is 12.1 Å². The van der Waals surface area contributed by atoms with Crippen molar-refractivity contribution in [2.45, 2.75) is 39.3 Å². The van der Waals surface area contributed by atoms with Gasteiger partial charge >= 0.3 is 6.03 Å². The molecule has 138 valence electrons. The molecule has 0 aliphatic carbocycles. The van der Waals surface area contributed by atoms with Gasteiger partial charge in [-0.3, -0.25) is 9.88 Å². The quantitative estimate of drug-likeness (QED) is 0.848. The number of amides is 2. The average molecular weight is 373 g/mol. The van der Waals surface area contributed by atoms with Crippen LogP contribution < -0.4 is 10.6 Å². The van der Waals surface area contributed by atoms with Crippen LogP contribution in [0.2, 0.25) is 5.02 Å². The number of urea groups is 1. The molecule has 0 saturated carbocycles. The Morgan fingerprint density at radius 2 is 2.08 bits per heavy atom. The third-order valence-corrected chi connectivity index (χ3v) is 5.02. The number of piperidine rings is 1. The van der Waals surface area contributed by atoms with Crippen molar-refractivity contribution >= 4 is 23.3 Å². The molecular weight excluding hydrogens is 348 g/mol. The second kappa shape index (κ2) is 8.52. The van der Waals surface area contributed by atoms with Crippen LogP contribution >= 0.6 is 11.6 Å². The molecule has 1 aromatic heterocycles. The first-order valence-corrected chi connectivity index (χ1v) is 9.34. The van der Waals surface area contributed by atoms with Gasteiger partial charge in [-0.05, 0) is 55.5 Å². The number of aryl methyl sites for hydroxylation is 2. The first-order valence-electron chi connectivity index (χ1n) is 8.97. The highest BCUT2D eigenvalue weighted by Gasteiger charge is 2.21. The zero-order chi connectivity index (χ0) is 18.5. The minimum atomic E-state index is -0.190. The molecule has 1 saturated heterocycles. The summed E-state index contributed by atoms with van der Waals surface area (Å²) in [5, 5.41) is 6.55. The van der Waals surface area contributed by atoms with Crippen molar-refractivity contribution in [1.82, 2.24) is 15.2 Å². The van der Waals surface area contributed by atoms with Crippen LogP contribution in [0.4, 0.5) is 10.5 Å². The van der Waals surface area contributed by atoms with E-state index in [1.807, 2.05) is 38.2 Å². The average Bonchev–Trinajstić information content (AvgIpc) is 2.61. The second-order valence-corrected chi connectivity index (χ2v) is 7.36. The maximum absolute atomic E-state index is 12.3. The number of nitrogens with zero attached hydrogens (tertiary/aromatic N) is 2. The Bertz CT molecular complexity index is 735. The zero-order valence-electron chi connectivity index (χ0n) is 15.3. The summed E-state index contributed by atoms with van der Waals surface area (Å²) in [5.74, 6) is 0. The lowest BCUT2D eigenvalue weighted by Crippen LogP contribution is -2.45. The van der Waals surface area contributed by atoms with Gasteiger partial charge in [0.2, 0.25) is 0 Å². The molecule has 1 aliphatic heterocycles. The summed E-state index contributed by atoms with van der Waals surface area (Å²) in [7, 11) is 0. The standard InChI is InChI=1S/C20H25ClN4O/c1-14-10-15(2)19(18(21)11-14)24-20(26)23-17-5-8-25(9-6-17)13-16-4-3-7-22-12-16/h3-4,7,10-12,17H,5-6,8-9,13H2,1-2H3,(H2,23,24,26). The molecule has 26 heavy (non-hydrogen) atoms. The summed E-state index contributed by atoms with van der Waals surface area (Å²) in [6.07, 6.45) is 5.58. The second-order valence-electron chi connectivity index (χ2n) is 6.95. The van der Waals surface area contributed by atoms with Crippen molar-refractivity contribution in [3.63, 3.8) is 0 Å². The van der Waals surface area contributed by atoms with E-state index in [4.69, 9.17) is 11.6 Å². The highest BCUT2D eigenvalue weighted by molar-refractivity contribution is 6.34. The number of carbonyl (C=O) groups excluding carboxylic acids is 1. The van der Waals surface area contributed by atoms with Crippen LogP contribution in [0.15, 0.2) is 36.7 Å². The van der Waals surface area contributed by atoms with Gasteiger partial charge in [-0.25, -0.2) is 4.79 Å². The molecule has 0 radical (unpaired) electrons. The minimum Gasteiger partial charge on any atom is -0.335 e.